The van der Waals surface area contributed by atoms with E-state index in [1.165, 1.54) is 6.07 Å². The van der Waals surface area contributed by atoms with Crippen LogP contribution in [0.25, 0.3) is 0 Å². The number of aryl methyl sites for hydroxylation is 1. The van der Waals surface area contributed by atoms with E-state index >= 15 is 0 Å². The van der Waals surface area contributed by atoms with E-state index in [-0.39, 0.29) is 11.7 Å². The summed E-state index contributed by atoms with van der Waals surface area (Å²) in [5.74, 6) is 0.0321. The van der Waals surface area contributed by atoms with E-state index in [2.05, 4.69) is 0 Å². The molecule has 0 radical (unpaired) electrons. The van der Waals surface area contributed by atoms with Crippen molar-refractivity contribution in [3.63, 3.8) is 0 Å². The topological polar surface area (TPSA) is 66.6 Å². The van der Waals surface area contributed by atoms with Crippen molar-refractivity contribution < 1.29 is 9.90 Å². The fourth-order valence-corrected chi connectivity index (χ4v) is 2.23. The molecule has 4 nitrogen and oxygen atoms in total. The van der Waals surface area contributed by atoms with Crippen LogP contribution >= 0.6 is 11.6 Å². The SMILES string of the molecule is Cc1cc(C(=O)N(C)Cc2cc(N)ccc2Cl)ccc1O. The molecule has 0 saturated carbocycles. The highest BCUT2D eigenvalue weighted by Gasteiger charge is 2.14. The zero-order chi connectivity index (χ0) is 15.6. The Morgan fingerprint density at radius 1 is 1.29 bits per heavy atom. The maximum Gasteiger partial charge on any atom is 0.253 e. The standard InChI is InChI=1S/C16H17ClN2O2/c1-10-7-11(3-6-15(10)20)16(21)19(2)9-12-8-13(18)4-5-14(12)17/h3-8,20H,9,18H2,1-2H3. The minimum absolute atomic E-state index is 0.142. The summed E-state index contributed by atoms with van der Waals surface area (Å²) in [5, 5.41) is 10.1. The van der Waals surface area contributed by atoms with Crippen LogP contribution in [0, 0.1) is 6.92 Å². The second-order valence-corrected chi connectivity index (χ2v) is 5.42. The van der Waals surface area contributed by atoms with Crippen molar-refractivity contribution in [3.05, 3.63) is 58.1 Å². The number of hydrogen-bond acceptors (Lipinski definition) is 3. The van der Waals surface area contributed by atoms with Gasteiger partial charge in [0.25, 0.3) is 5.91 Å². The van der Waals surface area contributed by atoms with E-state index in [0.717, 1.165) is 5.56 Å². The molecule has 2 aromatic rings. The molecular formula is C16H17ClN2O2. The third-order valence-electron chi connectivity index (χ3n) is 3.27. The minimum Gasteiger partial charge on any atom is -0.508 e. The molecule has 0 aliphatic rings. The molecule has 0 heterocycles. The Labute approximate surface area is 128 Å². The molecule has 0 atom stereocenters. The lowest BCUT2D eigenvalue weighted by molar-refractivity contribution is 0.0785. The van der Waals surface area contributed by atoms with Gasteiger partial charge in [-0.3, -0.25) is 4.79 Å². The van der Waals surface area contributed by atoms with Gasteiger partial charge in [0, 0.05) is 29.9 Å². The molecule has 3 N–H and O–H groups in total. The molecule has 21 heavy (non-hydrogen) atoms. The fourth-order valence-electron chi connectivity index (χ4n) is 2.05. The number of carbonyl (C=O) groups excluding carboxylic acids is 1. The van der Waals surface area contributed by atoms with Crippen LogP contribution in [0.4, 0.5) is 5.69 Å². The van der Waals surface area contributed by atoms with Gasteiger partial charge >= 0.3 is 0 Å². The highest BCUT2D eigenvalue weighted by Crippen LogP contribution is 2.22. The van der Waals surface area contributed by atoms with Crippen molar-refractivity contribution in [1.82, 2.24) is 4.90 Å². The second kappa shape index (κ2) is 6.06. The summed E-state index contributed by atoms with van der Waals surface area (Å²) in [5.41, 5.74) is 8.32. The molecule has 0 fully saturated rings. The van der Waals surface area contributed by atoms with Gasteiger partial charge in [0.2, 0.25) is 0 Å². The molecule has 110 valence electrons. The predicted octanol–water partition coefficient (Wildman–Crippen LogP) is 3.21. The summed E-state index contributed by atoms with van der Waals surface area (Å²) >= 11 is 6.11. The first-order valence-corrected chi connectivity index (χ1v) is 6.85. The van der Waals surface area contributed by atoms with Gasteiger partial charge in [-0.25, -0.2) is 0 Å². The van der Waals surface area contributed by atoms with Crippen LogP contribution in [-0.4, -0.2) is 23.0 Å². The average molecular weight is 305 g/mol. The number of hydrogen-bond donors (Lipinski definition) is 2. The Hall–Kier alpha value is -2.20. The summed E-state index contributed by atoms with van der Waals surface area (Å²) < 4.78 is 0. The van der Waals surface area contributed by atoms with Crippen LogP contribution in [0.3, 0.4) is 0 Å². The Bertz CT molecular complexity index is 686. The number of rotatable bonds is 3. The number of amides is 1. The van der Waals surface area contributed by atoms with E-state index in [1.54, 1.807) is 49.2 Å². The van der Waals surface area contributed by atoms with Crippen LogP contribution in [0.5, 0.6) is 5.75 Å². The molecule has 0 aliphatic carbocycles. The van der Waals surface area contributed by atoms with E-state index in [1.807, 2.05) is 0 Å². The Balaban J connectivity index is 2.19. The number of nitrogens with two attached hydrogens (primary N) is 1. The Morgan fingerprint density at radius 3 is 2.67 bits per heavy atom. The van der Waals surface area contributed by atoms with Gasteiger partial charge in [-0.2, -0.15) is 0 Å². The van der Waals surface area contributed by atoms with E-state index in [4.69, 9.17) is 17.3 Å². The van der Waals surface area contributed by atoms with Crippen molar-refractivity contribution in [2.45, 2.75) is 13.5 Å². The zero-order valence-corrected chi connectivity index (χ0v) is 12.7. The van der Waals surface area contributed by atoms with Crippen LogP contribution in [0.1, 0.15) is 21.5 Å². The molecule has 0 aliphatic heterocycles. The van der Waals surface area contributed by atoms with E-state index < -0.39 is 0 Å². The third-order valence-corrected chi connectivity index (χ3v) is 3.64. The van der Waals surface area contributed by atoms with Gasteiger partial charge in [-0.1, -0.05) is 11.6 Å². The molecule has 0 aromatic heterocycles. The quantitative estimate of drug-likeness (QED) is 0.856. The van der Waals surface area contributed by atoms with Gasteiger partial charge in [-0.15, -0.1) is 0 Å². The second-order valence-electron chi connectivity index (χ2n) is 5.01. The lowest BCUT2D eigenvalue weighted by Crippen LogP contribution is -2.26. The monoisotopic (exact) mass is 304 g/mol. The van der Waals surface area contributed by atoms with Gasteiger partial charge in [0.1, 0.15) is 5.75 Å². The molecule has 2 aromatic carbocycles. The largest absolute Gasteiger partial charge is 0.508 e. The molecule has 2 rings (SSSR count). The number of aromatic hydroxyl groups is 1. The first-order valence-electron chi connectivity index (χ1n) is 6.47. The summed E-state index contributed by atoms with van der Waals surface area (Å²) in [6.07, 6.45) is 0. The molecule has 0 unspecified atom stereocenters. The summed E-state index contributed by atoms with van der Waals surface area (Å²) in [7, 11) is 1.70. The van der Waals surface area contributed by atoms with Gasteiger partial charge in [-0.05, 0) is 54.4 Å². The first-order chi connectivity index (χ1) is 9.88. The molecule has 0 spiro atoms. The van der Waals surface area contributed by atoms with Crippen LogP contribution in [0.2, 0.25) is 5.02 Å². The number of carbonyl (C=O) groups is 1. The number of halogens is 1. The van der Waals surface area contributed by atoms with Crippen molar-refractivity contribution >= 4 is 23.2 Å². The summed E-state index contributed by atoms with van der Waals surface area (Å²) in [6.45, 7) is 2.11. The number of nitrogens with zero attached hydrogens (tertiary/aromatic N) is 1. The lowest BCUT2D eigenvalue weighted by Gasteiger charge is -2.19. The van der Waals surface area contributed by atoms with E-state index in [0.29, 0.717) is 28.4 Å². The van der Waals surface area contributed by atoms with Crippen molar-refractivity contribution in [3.8, 4) is 5.75 Å². The zero-order valence-electron chi connectivity index (χ0n) is 11.9. The van der Waals surface area contributed by atoms with E-state index in [9.17, 15) is 9.90 Å². The predicted molar refractivity (Wildman–Crippen MR) is 84.5 cm³/mol. The van der Waals surface area contributed by atoms with Crippen LogP contribution in [0.15, 0.2) is 36.4 Å². The minimum atomic E-state index is -0.142. The molecule has 5 heteroatoms. The summed E-state index contributed by atoms with van der Waals surface area (Å²) in [4.78, 5) is 13.9. The maximum atomic E-state index is 12.4. The number of phenols is 1. The van der Waals surface area contributed by atoms with Gasteiger partial charge < -0.3 is 15.7 Å². The average Bonchev–Trinajstić information content (AvgIpc) is 2.45. The highest BCUT2D eigenvalue weighted by molar-refractivity contribution is 6.31. The van der Waals surface area contributed by atoms with Gasteiger partial charge in [0.05, 0.1) is 0 Å². The summed E-state index contributed by atoms with van der Waals surface area (Å²) in [6, 6.07) is 9.97. The third kappa shape index (κ3) is 3.47. The van der Waals surface area contributed by atoms with Crippen molar-refractivity contribution in [2.75, 3.05) is 12.8 Å². The maximum absolute atomic E-state index is 12.4. The normalized spacial score (nSPS) is 10.4. The van der Waals surface area contributed by atoms with Crippen molar-refractivity contribution in [2.24, 2.45) is 0 Å². The first kappa shape index (κ1) is 15.2. The number of anilines is 1. The number of benzene rings is 2. The number of nitrogen functional groups attached to an aromatic ring is 1. The molecule has 1 amide bonds. The molecular weight excluding hydrogens is 288 g/mol. The molecule has 0 bridgehead atoms. The van der Waals surface area contributed by atoms with Crippen LogP contribution in [-0.2, 0) is 6.54 Å². The smallest absolute Gasteiger partial charge is 0.253 e. The number of phenolic OH excluding ortho intramolecular Hbond substituents is 1. The van der Waals surface area contributed by atoms with Gasteiger partial charge in [0.15, 0.2) is 0 Å². The highest BCUT2D eigenvalue weighted by atomic mass is 35.5. The van der Waals surface area contributed by atoms with Crippen molar-refractivity contribution in [1.29, 1.82) is 0 Å². The Kier molecular flexibility index (Phi) is 4.38. The lowest BCUT2D eigenvalue weighted by atomic mass is 10.1. The van der Waals surface area contributed by atoms with Crippen LogP contribution < -0.4 is 5.73 Å². The Morgan fingerprint density at radius 2 is 2.00 bits per heavy atom. The fraction of sp³-hybridized carbons (Fsp3) is 0.188. The molecule has 0 saturated heterocycles.